The van der Waals surface area contributed by atoms with Gasteiger partial charge >= 0.3 is 5.97 Å². The molecule has 1 aromatic carbocycles. The molecule has 1 saturated heterocycles. The van der Waals surface area contributed by atoms with Crippen molar-refractivity contribution in [2.75, 3.05) is 6.54 Å². The number of halogens is 2. The molecule has 0 aliphatic carbocycles. The molecule has 1 aliphatic heterocycles. The average Bonchev–Trinajstić information content (AvgIpc) is 2.72. The van der Waals surface area contributed by atoms with Gasteiger partial charge in [-0.05, 0) is 57.3 Å². The van der Waals surface area contributed by atoms with Crippen LogP contribution in [0.1, 0.15) is 10.9 Å². The SMILES string of the molecule is O=C(O)[C@@H]1CN[C@@H](c2cc(I)cc(I)c2O)S1. The average molecular weight is 477 g/mol. The number of rotatable bonds is 2. The van der Waals surface area contributed by atoms with Gasteiger partial charge in [0, 0.05) is 15.7 Å². The molecule has 0 saturated carbocycles. The fraction of sp³-hybridized carbons (Fsp3) is 0.300. The van der Waals surface area contributed by atoms with Gasteiger partial charge in [0.05, 0.1) is 8.94 Å². The summed E-state index contributed by atoms with van der Waals surface area (Å²) in [5, 5.41) is 21.4. The first-order chi connectivity index (χ1) is 7.99. The lowest BCUT2D eigenvalue weighted by Crippen LogP contribution is -2.21. The third kappa shape index (κ3) is 2.99. The number of carbonyl (C=O) groups is 1. The molecule has 0 radical (unpaired) electrons. The zero-order chi connectivity index (χ0) is 12.6. The molecule has 1 aliphatic rings. The van der Waals surface area contributed by atoms with Crippen LogP contribution in [0, 0.1) is 7.14 Å². The van der Waals surface area contributed by atoms with Crippen molar-refractivity contribution in [2.24, 2.45) is 0 Å². The summed E-state index contributed by atoms with van der Waals surface area (Å²) in [6, 6.07) is 3.77. The molecule has 0 spiro atoms. The van der Waals surface area contributed by atoms with E-state index >= 15 is 0 Å². The van der Waals surface area contributed by atoms with Crippen molar-refractivity contribution in [1.29, 1.82) is 0 Å². The molecule has 1 fully saturated rings. The number of aliphatic carboxylic acids is 1. The van der Waals surface area contributed by atoms with Gasteiger partial charge in [-0.2, -0.15) is 0 Å². The van der Waals surface area contributed by atoms with E-state index in [1.807, 2.05) is 12.1 Å². The van der Waals surface area contributed by atoms with E-state index in [0.717, 1.165) is 12.7 Å². The van der Waals surface area contributed by atoms with E-state index in [1.165, 1.54) is 11.8 Å². The molecule has 17 heavy (non-hydrogen) atoms. The molecule has 3 N–H and O–H groups in total. The van der Waals surface area contributed by atoms with Gasteiger partial charge in [0.2, 0.25) is 0 Å². The maximum Gasteiger partial charge on any atom is 0.318 e. The summed E-state index contributed by atoms with van der Waals surface area (Å²) in [5.41, 5.74) is 0.759. The molecule has 0 amide bonds. The van der Waals surface area contributed by atoms with Gasteiger partial charge < -0.3 is 10.2 Å². The summed E-state index contributed by atoms with van der Waals surface area (Å²) in [7, 11) is 0. The minimum Gasteiger partial charge on any atom is -0.506 e. The first kappa shape index (κ1) is 13.7. The predicted octanol–water partition coefficient (Wildman–Crippen LogP) is 2.39. The highest BCUT2D eigenvalue weighted by Crippen LogP contribution is 2.41. The Kier molecular flexibility index (Phi) is 4.42. The Labute approximate surface area is 130 Å². The molecule has 2 rings (SSSR count). The second-order valence-electron chi connectivity index (χ2n) is 3.58. The number of thioether (sulfide) groups is 1. The van der Waals surface area contributed by atoms with Crippen molar-refractivity contribution in [2.45, 2.75) is 10.6 Å². The van der Waals surface area contributed by atoms with Crippen LogP contribution < -0.4 is 5.32 Å². The number of phenols is 1. The van der Waals surface area contributed by atoms with E-state index < -0.39 is 11.2 Å². The highest BCUT2D eigenvalue weighted by molar-refractivity contribution is 14.1. The number of carboxylic acid groups (broad SMARTS) is 1. The number of aromatic hydroxyl groups is 1. The topological polar surface area (TPSA) is 69.6 Å². The summed E-state index contributed by atoms with van der Waals surface area (Å²) in [5.74, 6) is -0.577. The molecule has 7 heteroatoms. The Balaban J connectivity index is 2.27. The van der Waals surface area contributed by atoms with E-state index in [9.17, 15) is 9.90 Å². The monoisotopic (exact) mass is 477 g/mol. The Bertz CT molecular complexity index is 469. The molecular formula is C10H9I2NO3S. The number of benzene rings is 1. The van der Waals surface area contributed by atoms with Crippen LogP contribution in [0.25, 0.3) is 0 Å². The quantitative estimate of drug-likeness (QED) is 0.572. The maximum absolute atomic E-state index is 10.9. The van der Waals surface area contributed by atoms with Crippen molar-refractivity contribution < 1.29 is 15.0 Å². The molecule has 0 aromatic heterocycles. The summed E-state index contributed by atoms with van der Waals surface area (Å²) in [6.07, 6.45) is 0. The van der Waals surface area contributed by atoms with E-state index in [4.69, 9.17) is 5.11 Å². The Morgan fingerprint density at radius 3 is 2.76 bits per heavy atom. The lowest BCUT2D eigenvalue weighted by Gasteiger charge is -2.13. The van der Waals surface area contributed by atoms with Gasteiger partial charge in [-0.25, -0.2) is 0 Å². The van der Waals surface area contributed by atoms with Crippen LogP contribution in [0.5, 0.6) is 5.75 Å². The minimum absolute atomic E-state index is 0.153. The zero-order valence-corrected chi connectivity index (χ0v) is 13.6. The minimum atomic E-state index is -0.815. The number of nitrogens with one attached hydrogen (secondary N) is 1. The van der Waals surface area contributed by atoms with Crippen molar-refractivity contribution in [1.82, 2.24) is 5.32 Å². The van der Waals surface area contributed by atoms with Crippen molar-refractivity contribution in [3.63, 3.8) is 0 Å². The van der Waals surface area contributed by atoms with Gasteiger partial charge in [0.15, 0.2) is 0 Å². The van der Waals surface area contributed by atoms with Crippen LogP contribution in [0.15, 0.2) is 12.1 Å². The van der Waals surface area contributed by atoms with Crippen molar-refractivity contribution in [3.05, 3.63) is 24.8 Å². The largest absolute Gasteiger partial charge is 0.506 e. The van der Waals surface area contributed by atoms with Crippen LogP contribution in [0.4, 0.5) is 0 Å². The third-order valence-electron chi connectivity index (χ3n) is 2.40. The summed E-state index contributed by atoms with van der Waals surface area (Å²) in [6.45, 7) is 0.423. The Hall–Kier alpha value is 0.260. The van der Waals surface area contributed by atoms with Gasteiger partial charge in [0.1, 0.15) is 11.0 Å². The highest BCUT2D eigenvalue weighted by atomic mass is 127. The van der Waals surface area contributed by atoms with Crippen LogP contribution in [-0.4, -0.2) is 28.0 Å². The first-order valence-corrected chi connectivity index (χ1v) is 7.88. The third-order valence-corrected chi connectivity index (χ3v) is 5.24. The maximum atomic E-state index is 10.9. The molecule has 0 bridgehead atoms. The molecule has 4 nitrogen and oxygen atoms in total. The van der Waals surface area contributed by atoms with E-state index in [-0.39, 0.29) is 11.1 Å². The standard InChI is InChI=1S/C10H9I2NO3S/c11-4-1-5(8(14)6(12)2-4)9-13-3-7(17-9)10(15)16/h1-2,7,9,13-14H,3H2,(H,15,16)/t7-,9+/m0/s1. The summed E-state index contributed by atoms with van der Waals surface area (Å²) < 4.78 is 1.81. The van der Waals surface area contributed by atoms with Crippen molar-refractivity contribution >= 4 is 62.9 Å². The molecule has 92 valence electrons. The second-order valence-corrected chi connectivity index (χ2v) is 7.30. The number of hydrogen-bond acceptors (Lipinski definition) is 4. The van der Waals surface area contributed by atoms with Crippen LogP contribution >= 0.6 is 56.9 Å². The van der Waals surface area contributed by atoms with Gasteiger partial charge in [0.25, 0.3) is 0 Å². The zero-order valence-electron chi connectivity index (χ0n) is 8.48. The second kappa shape index (κ2) is 5.49. The fourth-order valence-electron chi connectivity index (χ4n) is 1.59. The molecule has 1 heterocycles. The van der Waals surface area contributed by atoms with Gasteiger partial charge in [-0.15, -0.1) is 11.8 Å². The number of carboxylic acids is 1. The van der Waals surface area contributed by atoms with E-state index in [1.54, 1.807) is 0 Å². The first-order valence-electron chi connectivity index (χ1n) is 4.78. The summed E-state index contributed by atoms with van der Waals surface area (Å²) in [4.78, 5) is 10.9. The Morgan fingerprint density at radius 1 is 1.47 bits per heavy atom. The summed E-state index contributed by atoms with van der Waals surface area (Å²) >= 11 is 5.58. The number of phenolic OH excluding ortho intramolecular Hbond substituents is 1. The van der Waals surface area contributed by atoms with E-state index in [2.05, 4.69) is 50.5 Å². The smallest absolute Gasteiger partial charge is 0.318 e. The highest BCUT2D eigenvalue weighted by Gasteiger charge is 2.32. The van der Waals surface area contributed by atoms with E-state index in [0.29, 0.717) is 6.54 Å². The fourth-order valence-corrected chi connectivity index (χ4v) is 4.63. The van der Waals surface area contributed by atoms with Gasteiger partial charge in [-0.1, -0.05) is 0 Å². The predicted molar refractivity (Wildman–Crippen MR) is 83.3 cm³/mol. The van der Waals surface area contributed by atoms with Crippen LogP contribution in [0.3, 0.4) is 0 Å². The molecule has 1 aromatic rings. The van der Waals surface area contributed by atoms with Crippen molar-refractivity contribution in [3.8, 4) is 5.75 Å². The lowest BCUT2D eigenvalue weighted by molar-refractivity contribution is -0.136. The lowest BCUT2D eigenvalue weighted by atomic mass is 10.2. The molecule has 2 atom stereocenters. The van der Waals surface area contributed by atoms with Crippen LogP contribution in [-0.2, 0) is 4.79 Å². The Morgan fingerprint density at radius 2 is 2.18 bits per heavy atom. The molecule has 0 unspecified atom stereocenters. The normalized spacial score (nSPS) is 23.9. The number of hydrogen-bond donors (Lipinski definition) is 3. The molecular weight excluding hydrogens is 468 g/mol. The van der Waals surface area contributed by atoms with Crippen LogP contribution in [0.2, 0.25) is 0 Å². The van der Waals surface area contributed by atoms with Gasteiger partial charge in [-0.3, -0.25) is 10.1 Å².